The molecule has 1 aromatic rings. The first-order valence-electron chi connectivity index (χ1n) is 11.3. The smallest absolute Gasteiger partial charge is 0.225 e. The first-order valence-corrected chi connectivity index (χ1v) is 11.3. The molecule has 1 unspecified atom stereocenters. The second-order valence-electron chi connectivity index (χ2n) is 8.25. The van der Waals surface area contributed by atoms with E-state index in [4.69, 9.17) is 18.9 Å². The predicted octanol–water partition coefficient (Wildman–Crippen LogP) is 1.52. The molecule has 0 aliphatic carbocycles. The molecule has 4 rings (SSSR count). The molecule has 1 aromatic heterocycles. The lowest BCUT2D eigenvalue weighted by Crippen LogP contribution is -2.50. The maximum absolute atomic E-state index is 12.8. The lowest BCUT2D eigenvalue weighted by Gasteiger charge is -2.37. The SMILES string of the molecule is O=C(C1CCN(C(=NCC2CCCO2)NCCc2ccco2)CC1)N1CCOCC1. The van der Waals surface area contributed by atoms with Crippen LogP contribution in [0.5, 0.6) is 0 Å². The van der Waals surface area contributed by atoms with Crippen molar-refractivity contribution in [3.63, 3.8) is 0 Å². The number of ether oxygens (including phenoxy) is 2. The minimum absolute atomic E-state index is 0.113. The summed E-state index contributed by atoms with van der Waals surface area (Å²) in [6.45, 7) is 6.76. The van der Waals surface area contributed by atoms with E-state index in [0.29, 0.717) is 25.7 Å². The number of nitrogens with one attached hydrogen (secondary N) is 1. The molecule has 3 saturated heterocycles. The highest BCUT2D eigenvalue weighted by atomic mass is 16.5. The van der Waals surface area contributed by atoms with Crippen LogP contribution >= 0.6 is 0 Å². The third kappa shape index (κ3) is 5.76. The molecular weight excluding hydrogens is 384 g/mol. The molecule has 1 atom stereocenters. The van der Waals surface area contributed by atoms with Gasteiger partial charge in [-0.2, -0.15) is 0 Å². The number of furan rings is 1. The Morgan fingerprint density at radius 1 is 1.10 bits per heavy atom. The van der Waals surface area contributed by atoms with Crippen LogP contribution in [0, 0.1) is 5.92 Å². The van der Waals surface area contributed by atoms with E-state index in [9.17, 15) is 4.79 Å². The normalized spacial score (nSPS) is 23.7. The van der Waals surface area contributed by atoms with Gasteiger partial charge in [0, 0.05) is 51.7 Å². The van der Waals surface area contributed by atoms with Crippen LogP contribution in [0.4, 0.5) is 0 Å². The van der Waals surface area contributed by atoms with Crippen LogP contribution in [0.2, 0.25) is 0 Å². The Morgan fingerprint density at radius 3 is 2.63 bits per heavy atom. The van der Waals surface area contributed by atoms with Crippen LogP contribution < -0.4 is 5.32 Å². The average molecular weight is 419 g/mol. The van der Waals surface area contributed by atoms with Crippen molar-refractivity contribution in [1.82, 2.24) is 15.1 Å². The Kier molecular flexibility index (Phi) is 7.64. The molecule has 3 fully saturated rings. The maximum Gasteiger partial charge on any atom is 0.225 e. The number of hydrogen-bond donors (Lipinski definition) is 1. The van der Waals surface area contributed by atoms with Crippen molar-refractivity contribution in [3.05, 3.63) is 24.2 Å². The Balaban J connectivity index is 1.30. The number of guanidine groups is 1. The molecule has 1 amide bonds. The molecule has 0 bridgehead atoms. The number of carbonyl (C=O) groups is 1. The zero-order chi connectivity index (χ0) is 20.6. The average Bonchev–Trinajstić information content (AvgIpc) is 3.51. The summed E-state index contributed by atoms with van der Waals surface area (Å²) in [5.74, 6) is 2.30. The first-order chi connectivity index (χ1) is 14.8. The van der Waals surface area contributed by atoms with Crippen molar-refractivity contribution in [2.45, 2.75) is 38.2 Å². The second kappa shape index (κ2) is 10.8. The lowest BCUT2D eigenvalue weighted by molar-refractivity contribution is -0.140. The van der Waals surface area contributed by atoms with Crippen LogP contribution in [0.3, 0.4) is 0 Å². The minimum Gasteiger partial charge on any atom is -0.469 e. The number of piperidine rings is 1. The van der Waals surface area contributed by atoms with Crippen molar-refractivity contribution < 1.29 is 18.7 Å². The summed E-state index contributed by atoms with van der Waals surface area (Å²) in [6, 6.07) is 3.91. The van der Waals surface area contributed by atoms with Gasteiger partial charge in [0.2, 0.25) is 5.91 Å². The van der Waals surface area contributed by atoms with Crippen LogP contribution in [-0.4, -0.2) is 86.9 Å². The molecule has 0 saturated carbocycles. The third-order valence-corrected chi connectivity index (χ3v) is 6.17. The molecule has 3 aliphatic heterocycles. The molecule has 0 spiro atoms. The zero-order valence-corrected chi connectivity index (χ0v) is 17.8. The van der Waals surface area contributed by atoms with Crippen LogP contribution in [0.15, 0.2) is 27.8 Å². The summed E-state index contributed by atoms with van der Waals surface area (Å²) >= 11 is 0. The fraction of sp³-hybridized carbons (Fsp3) is 0.727. The van der Waals surface area contributed by atoms with Crippen molar-refractivity contribution in [1.29, 1.82) is 0 Å². The fourth-order valence-corrected chi connectivity index (χ4v) is 4.38. The molecule has 8 heteroatoms. The van der Waals surface area contributed by atoms with Gasteiger partial charge >= 0.3 is 0 Å². The number of amides is 1. The number of nitrogens with zero attached hydrogens (tertiary/aromatic N) is 3. The standard InChI is InChI=1S/C22H34N4O4/c27-21(25-11-15-28-16-12-25)18-6-9-26(10-7-18)22(24-17-20-4-2-14-30-20)23-8-5-19-3-1-13-29-19/h1,3,13,18,20H,2,4-12,14-17H2,(H,23,24). The Labute approximate surface area is 178 Å². The van der Waals surface area contributed by atoms with Crippen molar-refractivity contribution in [2.24, 2.45) is 10.9 Å². The summed E-state index contributed by atoms with van der Waals surface area (Å²) in [6.07, 6.45) is 6.70. The Bertz CT molecular complexity index is 673. The summed E-state index contributed by atoms with van der Waals surface area (Å²) in [4.78, 5) is 21.9. The van der Waals surface area contributed by atoms with Crippen LogP contribution in [0.1, 0.15) is 31.4 Å². The molecular formula is C22H34N4O4. The highest BCUT2D eigenvalue weighted by Crippen LogP contribution is 2.21. The predicted molar refractivity (Wildman–Crippen MR) is 113 cm³/mol. The number of carbonyl (C=O) groups excluding carboxylic acids is 1. The Morgan fingerprint density at radius 2 is 1.93 bits per heavy atom. The minimum atomic E-state index is 0.113. The van der Waals surface area contributed by atoms with Gasteiger partial charge in [-0.05, 0) is 37.8 Å². The van der Waals surface area contributed by atoms with Gasteiger partial charge in [0.25, 0.3) is 0 Å². The highest BCUT2D eigenvalue weighted by Gasteiger charge is 2.30. The number of aliphatic imine (C=N–C) groups is 1. The Hall–Kier alpha value is -2.06. The topological polar surface area (TPSA) is 79.5 Å². The van der Waals surface area contributed by atoms with Gasteiger partial charge in [0.15, 0.2) is 5.96 Å². The van der Waals surface area contributed by atoms with E-state index >= 15 is 0 Å². The van der Waals surface area contributed by atoms with Gasteiger partial charge in [-0.15, -0.1) is 0 Å². The monoisotopic (exact) mass is 418 g/mol. The summed E-state index contributed by atoms with van der Waals surface area (Å²) in [5, 5.41) is 3.51. The summed E-state index contributed by atoms with van der Waals surface area (Å²) in [7, 11) is 0. The molecule has 0 radical (unpaired) electrons. The van der Waals surface area contributed by atoms with Gasteiger partial charge < -0.3 is 29.0 Å². The van der Waals surface area contributed by atoms with E-state index in [2.05, 4.69) is 10.2 Å². The fourth-order valence-electron chi connectivity index (χ4n) is 4.38. The zero-order valence-electron chi connectivity index (χ0n) is 17.8. The molecule has 166 valence electrons. The highest BCUT2D eigenvalue weighted by molar-refractivity contribution is 5.82. The molecule has 1 N–H and O–H groups in total. The van der Waals surface area contributed by atoms with Gasteiger partial charge in [-0.25, -0.2) is 0 Å². The molecule has 30 heavy (non-hydrogen) atoms. The van der Waals surface area contributed by atoms with Gasteiger partial charge in [-0.3, -0.25) is 9.79 Å². The van der Waals surface area contributed by atoms with E-state index in [1.807, 2.05) is 17.0 Å². The largest absolute Gasteiger partial charge is 0.469 e. The number of morpholine rings is 1. The molecule has 3 aliphatic rings. The van der Waals surface area contributed by atoms with E-state index in [-0.39, 0.29) is 12.0 Å². The van der Waals surface area contributed by atoms with Gasteiger partial charge in [0.1, 0.15) is 5.76 Å². The van der Waals surface area contributed by atoms with E-state index in [0.717, 1.165) is 83.2 Å². The van der Waals surface area contributed by atoms with Crippen molar-refractivity contribution >= 4 is 11.9 Å². The summed E-state index contributed by atoms with van der Waals surface area (Å²) in [5.41, 5.74) is 0. The summed E-state index contributed by atoms with van der Waals surface area (Å²) < 4.78 is 16.6. The van der Waals surface area contributed by atoms with Gasteiger partial charge in [-0.1, -0.05) is 0 Å². The van der Waals surface area contributed by atoms with Crippen molar-refractivity contribution in [3.8, 4) is 0 Å². The second-order valence-corrected chi connectivity index (χ2v) is 8.25. The number of likely N-dealkylation sites (tertiary alicyclic amines) is 1. The molecule has 8 nitrogen and oxygen atoms in total. The van der Waals surface area contributed by atoms with Gasteiger partial charge in [0.05, 0.1) is 32.1 Å². The first kappa shape index (κ1) is 21.2. The van der Waals surface area contributed by atoms with E-state index < -0.39 is 0 Å². The maximum atomic E-state index is 12.8. The quantitative estimate of drug-likeness (QED) is 0.557. The lowest BCUT2D eigenvalue weighted by atomic mass is 9.95. The van der Waals surface area contributed by atoms with Crippen LogP contribution in [0.25, 0.3) is 0 Å². The molecule has 4 heterocycles. The van der Waals surface area contributed by atoms with Crippen LogP contribution in [-0.2, 0) is 20.7 Å². The van der Waals surface area contributed by atoms with E-state index in [1.165, 1.54) is 0 Å². The van der Waals surface area contributed by atoms with E-state index in [1.54, 1.807) is 6.26 Å². The number of rotatable bonds is 6. The number of hydrogen-bond acceptors (Lipinski definition) is 5. The third-order valence-electron chi connectivity index (χ3n) is 6.17. The van der Waals surface area contributed by atoms with Crippen molar-refractivity contribution in [2.75, 3.05) is 59.1 Å². The molecule has 0 aromatic carbocycles.